The van der Waals surface area contributed by atoms with E-state index in [0.717, 1.165) is 45.0 Å². The summed E-state index contributed by atoms with van der Waals surface area (Å²) >= 11 is 0. The molecule has 1 aromatic heterocycles. The van der Waals surface area contributed by atoms with Crippen LogP contribution < -0.4 is 0 Å². The van der Waals surface area contributed by atoms with Crippen molar-refractivity contribution < 1.29 is 60.4 Å². The van der Waals surface area contributed by atoms with Gasteiger partial charge in [0.1, 0.15) is 5.82 Å². The summed E-state index contributed by atoms with van der Waals surface area (Å²) < 4.78 is 76.4. The molecule has 0 saturated carbocycles. The van der Waals surface area contributed by atoms with Gasteiger partial charge in [-0.05, 0) is 13.0 Å². The second kappa shape index (κ2) is 14.3. The first-order valence-electron chi connectivity index (χ1n) is 11.1. The molecule has 3 heterocycles. The van der Waals surface area contributed by atoms with Gasteiger partial charge in [-0.15, -0.1) is 0 Å². The summed E-state index contributed by atoms with van der Waals surface area (Å²) in [7, 11) is 3.66. The van der Waals surface area contributed by atoms with Crippen molar-refractivity contribution >= 4 is 17.8 Å². The third-order valence-corrected chi connectivity index (χ3v) is 5.60. The number of alkyl halides is 6. The molecule has 0 aliphatic carbocycles. The number of ether oxygens (including phenoxy) is 2. The Morgan fingerprint density at radius 1 is 1.08 bits per heavy atom. The van der Waals surface area contributed by atoms with E-state index in [1.54, 1.807) is 7.11 Å². The minimum absolute atomic E-state index is 0.0460. The topological polar surface area (TPSA) is 134 Å². The van der Waals surface area contributed by atoms with Crippen LogP contribution in [0.3, 0.4) is 0 Å². The molecule has 0 radical (unpaired) electrons. The van der Waals surface area contributed by atoms with Gasteiger partial charge in [0.25, 0.3) is 0 Å². The average molecular weight is 564 g/mol. The summed E-state index contributed by atoms with van der Waals surface area (Å²) in [5, 5.41) is 14.2. The van der Waals surface area contributed by atoms with Crippen LogP contribution in [0.4, 0.5) is 26.3 Å². The molecule has 11 nitrogen and oxygen atoms in total. The number of hydrogen-bond acceptors (Lipinski definition) is 7. The number of hydrogen-bond donors (Lipinski definition) is 2. The molecule has 2 saturated heterocycles. The van der Waals surface area contributed by atoms with E-state index >= 15 is 0 Å². The molecule has 1 atom stereocenters. The zero-order chi connectivity index (χ0) is 29.1. The first-order valence-corrected chi connectivity index (χ1v) is 11.1. The highest BCUT2D eigenvalue weighted by Crippen LogP contribution is 2.34. The predicted molar refractivity (Wildman–Crippen MR) is 117 cm³/mol. The van der Waals surface area contributed by atoms with Gasteiger partial charge in [-0.2, -0.15) is 26.3 Å². The molecule has 38 heavy (non-hydrogen) atoms. The third-order valence-electron chi connectivity index (χ3n) is 5.60. The number of nitrogens with zero attached hydrogens (tertiary/aromatic N) is 4. The van der Waals surface area contributed by atoms with Crippen molar-refractivity contribution in [3.8, 4) is 0 Å². The molecule has 1 aromatic rings. The second-order valence-electron chi connectivity index (χ2n) is 8.63. The Kier molecular flexibility index (Phi) is 12.5. The smallest absolute Gasteiger partial charge is 0.475 e. The SMILES string of the molecule is COCCC(=O)N1CCOCC2(CCN(Cc3nccn3C)C2)C1.O=C(O)C(F)(F)F.O=C(O)C(F)(F)F. The molecule has 218 valence electrons. The maximum atomic E-state index is 12.4. The van der Waals surface area contributed by atoms with E-state index in [4.69, 9.17) is 29.3 Å². The number of amides is 1. The Hall–Kier alpha value is -2.92. The maximum Gasteiger partial charge on any atom is 0.490 e. The molecule has 2 aliphatic rings. The van der Waals surface area contributed by atoms with E-state index in [1.165, 1.54) is 0 Å². The Morgan fingerprint density at radius 2 is 1.66 bits per heavy atom. The molecule has 2 aliphatic heterocycles. The quantitative estimate of drug-likeness (QED) is 0.514. The third kappa shape index (κ3) is 11.2. The lowest BCUT2D eigenvalue weighted by atomic mass is 9.87. The Morgan fingerprint density at radius 3 is 2.13 bits per heavy atom. The van der Waals surface area contributed by atoms with E-state index in [-0.39, 0.29) is 11.3 Å². The molecular weight excluding hydrogens is 534 g/mol. The molecule has 1 unspecified atom stereocenters. The van der Waals surface area contributed by atoms with Gasteiger partial charge in [0, 0.05) is 51.6 Å². The van der Waals surface area contributed by atoms with Crippen molar-refractivity contribution in [2.45, 2.75) is 31.7 Å². The summed E-state index contributed by atoms with van der Waals surface area (Å²) in [5.74, 6) is -4.26. The molecule has 3 rings (SSSR count). The van der Waals surface area contributed by atoms with E-state index in [1.807, 2.05) is 24.3 Å². The summed E-state index contributed by atoms with van der Waals surface area (Å²) in [6.07, 6.45) is -4.84. The zero-order valence-electron chi connectivity index (χ0n) is 20.7. The number of likely N-dealkylation sites (tertiary alicyclic amines) is 1. The number of carboxylic acids is 2. The van der Waals surface area contributed by atoms with Gasteiger partial charge in [0.05, 0.1) is 32.8 Å². The van der Waals surface area contributed by atoms with Gasteiger partial charge in [-0.25, -0.2) is 14.6 Å². The first-order chi connectivity index (χ1) is 17.5. The fraction of sp³-hybridized carbons (Fsp3) is 0.714. The lowest BCUT2D eigenvalue weighted by molar-refractivity contribution is -0.193. The monoisotopic (exact) mass is 564 g/mol. The fourth-order valence-corrected chi connectivity index (χ4v) is 3.71. The molecule has 0 bridgehead atoms. The fourth-order valence-electron chi connectivity index (χ4n) is 3.71. The summed E-state index contributed by atoms with van der Waals surface area (Å²) in [6, 6.07) is 0. The minimum Gasteiger partial charge on any atom is -0.475 e. The number of methoxy groups -OCH3 is 1. The summed E-state index contributed by atoms with van der Waals surface area (Å²) in [4.78, 5) is 39.0. The van der Waals surface area contributed by atoms with Crippen molar-refractivity contribution in [3.05, 3.63) is 18.2 Å². The standard InChI is InChI=1S/C17H28N4O3.2C2HF3O2/c1-19-7-5-18-15(19)11-20-6-4-17(12-20)13-21(8-10-24-14-17)16(22)3-9-23-2;2*3-2(4,5)1(6)7/h5,7H,3-4,6,8-14H2,1-2H3;2*(H,6,7). The number of aryl methyl sites for hydroxylation is 1. The number of carbonyl (C=O) groups is 3. The number of carboxylic acid groups (broad SMARTS) is 2. The number of imidazole rings is 1. The van der Waals surface area contributed by atoms with Crippen molar-refractivity contribution in [2.24, 2.45) is 12.5 Å². The van der Waals surface area contributed by atoms with Crippen LogP contribution in [0.25, 0.3) is 0 Å². The number of aliphatic carboxylic acids is 2. The molecule has 1 spiro atoms. The van der Waals surface area contributed by atoms with E-state index < -0.39 is 24.3 Å². The van der Waals surface area contributed by atoms with Crippen LogP contribution >= 0.6 is 0 Å². The number of halogens is 6. The van der Waals surface area contributed by atoms with Crippen molar-refractivity contribution in [2.75, 3.05) is 53.1 Å². The highest BCUT2D eigenvalue weighted by atomic mass is 19.4. The van der Waals surface area contributed by atoms with Gasteiger partial charge in [-0.1, -0.05) is 0 Å². The lowest BCUT2D eigenvalue weighted by Crippen LogP contribution is -2.43. The van der Waals surface area contributed by atoms with E-state index in [0.29, 0.717) is 26.2 Å². The summed E-state index contributed by atoms with van der Waals surface area (Å²) in [5.41, 5.74) is 0.0460. The van der Waals surface area contributed by atoms with Crippen LogP contribution in [0.15, 0.2) is 12.4 Å². The van der Waals surface area contributed by atoms with Crippen LogP contribution in [0.2, 0.25) is 0 Å². The van der Waals surface area contributed by atoms with Crippen molar-refractivity contribution in [3.63, 3.8) is 0 Å². The highest BCUT2D eigenvalue weighted by Gasteiger charge is 2.42. The predicted octanol–water partition coefficient (Wildman–Crippen LogP) is 1.77. The number of aromatic nitrogens is 2. The highest BCUT2D eigenvalue weighted by molar-refractivity contribution is 5.76. The van der Waals surface area contributed by atoms with E-state index in [2.05, 4.69) is 14.5 Å². The largest absolute Gasteiger partial charge is 0.490 e. The van der Waals surface area contributed by atoms with Crippen LogP contribution in [0, 0.1) is 5.41 Å². The molecule has 17 heteroatoms. The number of carbonyl (C=O) groups excluding carboxylic acids is 1. The van der Waals surface area contributed by atoms with E-state index in [9.17, 15) is 31.1 Å². The van der Waals surface area contributed by atoms with Gasteiger partial charge in [0.15, 0.2) is 0 Å². The molecular formula is C21H30F6N4O7. The van der Waals surface area contributed by atoms with Crippen LogP contribution in [0.5, 0.6) is 0 Å². The summed E-state index contributed by atoms with van der Waals surface area (Å²) in [6.45, 7) is 6.13. The van der Waals surface area contributed by atoms with Crippen molar-refractivity contribution in [1.29, 1.82) is 0 Å². The molecule has 1 amide bonds. The number of rotatable bonds is 5. The van der Waals surface area contributed by atoms with Gasteiger partial charge >= 0.3 is 24.3 Å². The van der Waals surface area contributed by atoms with Crippen molar-refractivity contribution in [1.82, 2.24) is 19.4 Å². The van der Waals surface area contributed by atoms with Gasteiger partial charge < -0.3 is 29.2 Å². The van der Waals surface area contributed by atoms with Gasteiger partial charge in [0.2, 0.25) is 5.91 Å². The second-order valence-corrected chi connectivity index (χ2v) is 8.63. The molecule has 2 fully saturated rings. The molecule has 2 N–H and O–H groups in total. The minimum atomic E-state index is -5.08. The molecule has 0 aromatic carbocycles. The van der Waals surface area contributed by atoms with Crippen LogP contribution in [0.1, 0.15) is 18.7 Å². The Labute approximate surface area is 213 Å². The van der Waals surface area contributed by atoms with Crippen LogP contribution in [-0.2, 0) is 37.4 Å². The maximum absolute atomic E-state index is 12.4. The zero-order valence-corrected chi connectivity index (χ0v) is 20.7. The normalized spacial score (nSPS) is 20.2. The van der Waals surface area contributed by atoms with Gasteiger partial charge in [-0.3, -0.25) is 9.69 Å². The Bertz CT molecular complexity index is 901. The lowest BCUT2D eigenvalue weighted by Gasteiger charge is -2.32. The first kappa shape index (κ1) is 33.1. The Balaban J connectivity index is 0.000000426. The van der Waals surface area contributed by atoms with Crippen LogP contribution in [-0.4, -0.2) is 113 Å². The average Bonchev–Trinajstić information content (AvgIpc) is 3.32.